The second-order valence-corrected chi connectivity index (χ2v) is 9.07. The summed E-state index contributed by atoms with van der Waals surface area (Å²) in [5.41, 5.74) is 1.37. The highest BCUT2D eigenvalue weighted by Crippen LogP contribution is 2.42. The second-order valence-electron chi connectivity index (χ2n) is 9.07. The van der Waals surface area contributed by atoms with Crippen molar-refractivity contribution in [3.8, 4) is 5.75 Å². The van der Waals surface area contributed by atoms with Crippen molar-refractivity contribution in [2.24, 2.45) is 5.92 Å². The summed E-state index contributed by atoms with van der Waals surface area (Å²) >= 11 is 0. The third-order valence-corrected chi connectivity index (χ3v) is 6.76. The highest BCUT2D eigenvalue weighted by molar-refractivity contribution is 5.86. The molecule has 0 aliphatic carbocycles. The van der Waals surface area contributed by atoms with Gasteiger partial charge in [0.05, 0.1) is 18.1 Å². The molecule has 0 bridgehead atoms. The van der Waals surface area contributed by atoms with Gasteiger partial charge in [0.25, 0.3) is 0 Å². The van der Waals surface area contributed by atoms with Crippen molar-refractivity contribution < 1.29 is 49.0 Å². The van der Waals surface area contributed by atoms with Gasteiger partial charge in [-0.2, -0.15) is 0 Å². The number of ether oxygens (including phenoxy) is 2. The van der Waals surface area contributed by atoms with E-state index < -0.39 is 48.6 Å². The van der Waals surface area contributed by atoms with Gasteiger partial charge in [-0.15, -0.1) is 0 Å². The molecule has 2 aliphatic rings. The molecule has 0 saturated carbocycles. The lowest BCUT2D eigenvalue weighted by molar-refractivity contribution is -0.271. The van der Waals surface area contributed by atoms with E-state index in [0.717, 1.165) is 5.56 Å². The van der Waals surface area contributed by atoms with Crippen LogP contribution in [0.15, 0.2) is 48.5 Å². The van der Waals surface area contributed by atoms with Crippen LogP contribution in [0.3, 0.4) is 0 Å². The van der Waals surface area contributed by atoms with E-state index in [-0.39, 0.29) is 23.6 Å². The predicted molar refractivity (Wildman–Crippen MR) is 121 cm³/mol. The quantitative estimate of drug-likeness (QED) is 0.327. The number of nitrogens with zero attached hydrogens (tertiary/aromatic N) is 1. The molecule has 2 heterocycles. The van der Waals surface area contributed by atoms with Gasteiger partial charge in [0.2, 0.25) is 12.2 Å². The lowest BCUT2D eigenvalue weighted by Crippen LogP contribution is -2.61. The molecule has 10 nitrogen and oxygen atoms in total. The van der Waals surface area contributed by atoms with E-state index in [1.165, 1.54) is 24.3 Å². The minimum absolute atomic E-state index is 0.0578. The molecule has 8 atom stereocenters. The number of likely N-dealkylation sites (tertiary alicyclic amines) is 1. The molecule has 1 unspecified atom stereocenters. The molecule has 0 radical (unpaired) electrons. The Morgan fingerprint density at radius 1 is 1.06 bits per heavy atom. The topological polar surface area (TPSA) is 157 Å². The van der Waals surface area contributed by atoms with Crippen LogP contribution in [0.1, 0.15) is 36.1 Å². The fourth-order valence-corrected chi connectivity index (χ4v) is 4.67. The van der Waals surface area contributed by atoms with Crippen LogP contribution >= 0.6 is 0 Å². The Labute approximate surface area is 206 Å². The van der Waals surface area contributed by atoms with Gasteiger partial charge in [0.1, 0.15) is 29.9 Å². The Bertz CT molecular complexity index is 1080. The highest BCUT2D eigenvalue weighted by atomic mass is 19.1. The first-order valence-electron chi connectivity index (χ1n) is 11.5. The summed E-state index contributed by atoms with van der Waals surface area (Å²) < 4.78 is 23.8. The number of carbonyl (C=O) groups excluding carboxylic acids is 1. The summed E-state index contributed by atoms with van der Waals surface area (Å²) in [7, 11) is 1.68. The van der Waals surface area contributed by atoms with Gasteiger partial charge < -0.3 is 39.9 Å². The number of hydrogen-bond acceptors (Lipinski definition) is 8. The van der Waals surface area contributed by atoms with Crippen molar-refractivity contribution in [3.63, 3.8) is 0 Å². The molecule has 0 aromatic heterocycles. The van der Waals surface area contributed by atoms with Crippen molar-refractivity contribution in [3.05, 3.63) is 65.5 Å². The molecule has 1 amide bonds. The Kier molecular flexibility index (Phi) is 7.57. The van der Waals surface area contributed by atoms with Crippen molar-refractivity contribution in [1.82, 2.24) is 4.90 Å². The summed E-state index contributed by atoms with van der Waals surface area (Å²) in [6, 6.07) is 11.9. The monoisotopic (exact) mass is 505 g/mol. The fourth-order valence-electron chi connectivity index (χ4n) is 4.67. The largest absolute Gasteiger partial charge is 0.479 e. The van der Waals surface area contributed by atoms with E-state index in [1.807, 2.05) is 0 Å². The Morgan fingerprint density at radius 2 is 1.69 bits per heavy atom. The SMILES string of the molecule is CN1C(=O)C(CC[C@H](O)c2ccc(F)cc2)[C@H]1c1ccc(O[C@@H]2O[C@H](C(=O)O)[C@@H](O)[C@H](O)[C@H]2O)cc1. The van der Waals surface area contributed by atoms with Crippen LogP contribution in [0.25, 0.3) is 0 Å². The number of rotatable bonds is 8. The molecular formula is C25H28FNO9. The van der Waals surface area contributed by atoms with Crippen LogP contribution in [0.4, 0.5) is 4.39 Å². The van der Waals surface area contributed by atoms with Crippen LogP contribution in [-0.2, 0) is 14.3 Å². The third-order valence-electron chi connectivity index (χ3n) is 6.76. The first-order valence-corrected chi connectivity index (χ1v) is 11.5. The summed E-state index contributed by atoms with van der Waals surface area (Å²) in [6.07, 6.45) is -8.65. The number of amides is 1. The first-order chi connectivity index (χ1) is 17.1. The number of carboxylic acid groups (broad SMARTS) is 1. The van der Waals surface area contributed by atoms with Crippen LogP contribution in [0.2, 0.25) is 0 Å². The summed E-state index contributed by atoms with van der Waals surface area (Å²) in [5, 5.41) is 49.4. The van der Waals surface area contributed by atoms with E-state index in [4.69, 9.17) is 14.6 Å². The maximum absolute atomic E-state index is 13.1. The normalized spacial score (nSPS) is 31.0. The number of β-lactam (4-membered cyclic amide) rings is 1. The number of benzene rings is 2. The van der Waals surface area contributed by atoms with Crippen molar-refractivity contribution in [2.45, 2.75) is 55.7 Å². The number of aliphatic hydroxyl groups excluding tert-OH is 4. The minimum atomic E-state index is -1.81. The molecule has 4 rings (SSSR count). The van der Waals surface area contributed by atoms with Crippen LogP contribution < -0.4 is 4.74 Å². The Morgan fingerprint density at radius 3 is 2.31 bits per heavy atom. The number of halogens is 1. The van der Waals surface area contributed by atoms with E-state index in [9.17, 15) is 34.4 Å². The van der Waals surface area contributed by atoms with Gasteiger partial charge in [-0.05, 0) is 48.2 Å². The van der Waals surface area contributed by atoms with Crippen molar-refractivity contribution in [1.29, 1.82) is 0 Å². The van der Waals surface area contributed by atoms with Crippen LogP contribution in [0, 0.1) is 11.7 Å². The maximum Gasteiger partial charge on any atom is 0.335 e. The summed E-state index contributed by atoms with van der Waals surface area (Å²) in [6.45, 7) is 0. The van der Waals surface area contributed by atoms with Crippen molar-refractivity contribution in [2.75, 3.05) is 7.05 Å². The summed E-state index contributed by atoms with van der Waals surface area (Å²) in [4.78, 5) is 25.3. The molecule has 2 fully saturated rings. The summed E-state index contributed by atoms with van der Waals surface area (Å²) in [5.74, 6) is -2.10. The molecule has 194 valence electrons. The Hall–Kier alpha value is -3.09. The van der Waals surface area contributed by atoms with Crippen LogP contribution in [-0.4, -0.2) is 80.1 Å². The van der Waals surface area contributed by atoms with Crippen LogP contribution in [0.5, 0.6) is 5.75 Å². The van der Waals surface area contributed by atoms with E-state index in [0.29, 0.717) is 18.4 Å². The smallest absolute Gasteiger partial charge is 0.335 e. The van der Waals surface area contributed by atoms with Gasteiger partial charge in [-0.1, -0.05) is 24.3 Å². The average molecular weight is 505 g/mol. The number of hydrogen-bond donors (Lipinski definition) is 5. The molecule has 11 heteroatoms. The van der Waals surface area contributed by atoms with Gasteiger partial charge in [0, 0.05) is 7.05 Å². The number of carbonyl (C=O) groups is 2. The minimum Gasteiger partial charge on any atom is -0.479 e. The lowest BCUT2D eigenvalue weighted by Gasteiger charge is -2.45. The zero-order valence-electron chi connectivity index (χ0n) is 19.3. The molecule has 2 aromatic carbocycles. The van der Waals surface area contributed by atoms with E-state index in [1.54, 1.807) is 36.2 Å². The molecular weight excluding hydrogens is 477 g/mol. The first kappa shape index (κ1) is 26.0. The molecule has 36 heavy (non-hydrogen) atoms. The molecule has 2 saturated heterocycles. The third kappa shape index (κ3) is 5.06. The Balaban J connectivity index is 1.39. The predicted octanol–water partition coefficient (Wildman–Crippen LogP) is 0.740. The molecule has 0 spiro atoms. The zero-order chi connectivity index (χ0) is 26.1. The average Bonchev–Trinajstić information content (AvgIpc) is 2.87. The second kappa shape index (κ2) is 10.5. The maximum atomic E-state index is 13.1. The van der Waals surface area contributed by atoms with Crippen molar-refractivity contribution >= 4 is 11.9 Å². The highest BCUT2D eigenvalue weighted by Gasteiger charge is 2.48. The number of aliphatic hydroxyl groups is 4. The number of aliphatic carboxylic acids is 1. The fraction of sp³-hybridized carbons (Fsp3) is 0.440. The van der Waals surface area contributed by atoms with Gasteiger partial charge >= 0.3 is 5.97 Å². The number of carboxylic acids is 1. The standard InChI is InChI=1S/C25H28FNO9/c1-27-18(16(23(27)32)10-11-17(28)12-2-6-14(26)7-3-12)13-4-8-15(9-5-13)35-25-21(31)19(29)20(30)22(36-25)24(33)34/h2-9,16-22,25,28-31H,10-11H2,1H3,(H,33,34)/t16?,17-,18+,19-,20-,21+,22-,25+/m0/s1. The van der Waals surface area contributed by atoms with Gasteiger partial charge in [-0.3, -0.25) is 4.79 Å². The lowest BCUT2D eigenvalue weighted by atomic mass is 9.79. The van der Waals surface area contributed by atoms with Gasteiger partial charge in [0.15, 0.2) is 6.10 Å². The zero-order valence-corrected chi connectivity index (χ0v) is 19.3. The van der Waals surface area contributed by atoms with E-state index in [2.05, 4.69) is 0 Å². The molecule has 2 aromatic rings. The van der Waals surface area contributed by atoms with Gasteiger partial charge in [-0.25, -0.2) is 9.18 Å². The molecule has 2 aliphatic heterocycles. The molecule has 5 N–H and O–H groups in total. The van der Waals surface area contributed by atoms with E-state index >= 15 is 0 Å².